The summed E-state index contributed by atoms with van der Waals surface area (Å²) in [5, 5.41) is 9.36. The van der Waals surface area contributed by atoms with E-state index in [1.54, 1.807) is 30.2 Å². The lowest BCUT2D eigenvalue weighted by atomic mass is 10.1. The number of benzene rings is 1. The van der Waals surface area contributed by atoms with Crippen molar-refractivity contribution in [2.75, 3.05) is 13.7 Å². The first-order valence-corrected chi connectivity index (χ1v) is 8.55. The number of methoxy groups -OCH3 is 1. The molecule has 0 aliphatic carbocycles. The molecule has 124 valence electrons. The van der Waals surface area contributed by atoms with Crippen LogP contribution in [0.4, 0.5) is 0 Å². The van der Waals surface area contributed by atoms with Gasteiger partial charge in [0.05, 0.1) is 12.0 Å². The molecule has 1 aromatic carbocycles. The van der Waals surface area contributed by atoms with Gasteiger partial charge in [0.2, 0.25) is 0 Å². The second-order valence-electron chi connectivity index (χ2n) is 5.33. The number of carbonyl (C=O) groups is 1. The Morgan fingerprint density at radius 3 is 2.88 bits per heavy atom. The van der Waals surface area contributed by atoms with Crippen molar-refractivity contribution in [3.05, 3.63) is 59.1 Å². The first-order valence-electron chi connectivity index (χ1n) is 7.67. The van der Waals surface area contributed by atoms with Crippen molar-refractivity contribution < 1.29 is 9.53 Å². The van der Waals surface area contributed by atoms with E-state index in [1.165, 1.54) is 0 Å². The summed E-state index contributed by atoms with van der Waals surface area (Å²) >= 11 is 1.61. The minimum absolute atomic E-state index is 0.122. The lowest BCUT2D eigenvalue weighted by Crippen LogP contribution is -2.27. The summed E-state index contributed by atoms with van der Waals surface area (Å²) in [5.74, 6) is 0.718. The number of amides is 1. The average Bonchev–Trinajstić information content (AvgIpc) is 3.24. The summed E-state index contributed by atoms with van der Waals surface area (Å²) in [5.41, 5.74) is 2.45. The number of aryl methyl sites for hydroxylation is 1. The van der Waals surface area contributed by atoms with Gasteiger partial charge in [-0.1, -0.05) is 24.3 Å². The fourth-order valence-electron chi connectivity index (χ4n) is 2.54. The molecule has 3 aromatic rings. The van der Waals surface area contributed by atoms with E-state index in [-0.39, 0.29) is 5.91 Å². The number of para-hydroxylation sites is 1. The SMILES string of the molecule is COc1ccccc1CCNC(=O)c1cc(-c2cccs2)nn1C. The van der Waals surface area contributed by atoms with Crippen molar-refractivity contribution in [2.45, 2.75) is 6.42 Å². The van der Waals surface area contributed by atoms with Crippen LogP contribution in [0.5, 0.6) is 5.75 Å². The first kappa shape index (κ1) is 16.3. The minimum atomic E-state index is -0.122. The van der Waals surface area contributed by atoms with Crippen molar-refractivity contribution in [2.24, 2.45) is 7.05 Å². The molecular weight excluding hydrogens is 322 g/mol. The summed E-state index contributed by atoms with van der Waals surface area (Å²) in [6.07, 6.45) is 0.714. The van der Waals surface area contributed by atoms with E-state index < -0.39 is 0 Å². The van der Waals surface area contributed by atoms with Gasteiger partial charge >= 0.3 is 0 Å². The van der Waals surface area contributed by atoms with Gasteiger partial charge in [-0.3, -0.25) is 9.48 Å². The van der Waals surface area contributed by atoms with Gasteiger partial charge in [0.25, 0.3) is 5.91 Å². The quantitative estimate of drug-likeness (QED) is 0.749. The number of aromatic nitrogens is 2. The molecule has 24 heavy (non-hydrogen) atoms. The summed E-state index contributed by atoms with van der Waals surface area (Å²) in [6, 6.07) is 13.6. The van der Waals surface area contributed by atoms with Crippen molar-refractivity contribution in [3.8, 4) is 16.3 Å². The number of hydrogen-bond acceptors (Lipinski definition) is 4. The van der Waals surface area contributed by atoms with E-state index in [4.69, 9.17) is 4.74 Å². The molecule has 5 nitrogen and oxygen atoms in total. The lowest BCUT2D eigenvalue weighted by molar-refractivity contribution is 0.0944. The monoisotopic (exact) mass is 341 g/mol. The van der Waals surface area contributed by atoms with Crippen LogP contribution >= 0.6 is 11.3 Å². The van der Waals surface area contributed by atoms with E-state index in [0.29, 0.717) is 18.7 Å². The molecule has 0 fully saturated rings. The number of hydrogen-bond donors (Lipinski definition) is 1. The molecule has 0 bridgehead atoms. The number of nitrogens with zero attached hydrogens (tertiary/aromatic N) is 2. The Kier molecular flexibility index (Phi) is 4.96. The zero-order valence-corrected chi connectivity index (χ0v) is 14.5. The zero-order chi connectivity index (χ0) is 16.9. The lowest BCUT2D eigenvalue weighted by Gasteiger charge is -2.09. The molecule has 0 unspecified atom stereocenters. The highest BCUT2D eigenvalue weighted by Crippen LogP contribution is 2.23. The highest BCUT2D eigenvalue weighted by molar-refractivity contribution is 7.13. The van der Waals surface area contributed by atoms with Crippen LogP contribution in [0.1, 0.15) is 16.1 Å². The Bertz CT molecular complexity index is 825. The van der Waals surface area contributed by atoms with Crippen LogP contribution in [0.25, 0.3) is 10.6 Å². The van der Waals surface area contributed by atoms with Gasteiger partial charge in [0, 0.05) is 13.6 Å². The largest absolute Gasteiger partial charge is 0.496 e. The molecule has 0 saturated carbocycles. The van der Waals surface area contributed by atoms with Gasteiger partial charge in [-0.05, 0) is 35.6 Å². The third kappa shape index (κ3) is 3.49. The summed E-state index contributed by atoms with van der Waals surface area (Å²) < 4.78 is 6.94. The number of thiophene rings is 1. The van der Waals surface area contributed by atoms with Gasteiger partial charge < -0.3 is 10.1 Å². The van der Waals surface area contributed by atoms with E-state index in [2.05, 4.69) is 10.4 Å². The fourth-order valence-corrected chi connectivity index (χ4v) is 3.22. The highest BCUT2D eigenvalue weighted by atomic mass is 32.1. The summed E-state index contributed by atoms with van der Waals surface area (Å²) in [7, 11) is 3.44. The standard InChI is InChI=1S/C18H19N3O2S/c1-21-15(12-14(20-21)17-8-5-11-24-17)18(22)19-10-9-13-6-3-4-7-16(13)23-2/h3-8,11-12H,9-10H2,1-2H3,(H,19,22). The van der Waals surface area contributed by atoms with Gasteiger partial charge in [0.1, 0.15) is 17.1 Å². The molecule has 0 spiro atoms. The van der Waals surface area contributed by atoms with Crippen LogP contribution in [0.3, 0.4) is 0 Å². The van der Waals surface area contributed by atoms with Crippen LogP contribution < -0.4 is 10.1 Å². The molecule has 0 aliphatic heterocycles. The number of carbonyl (C=O) groups excluding carboxylic acids is 1. The molecule has 2 aromatic heterocycles. The predicted molar refractivity (Wildman–Crippen MR) is 95.6 cm³/mol. The number of ether oxygens (including phenoxy) is 1. The zero-order valence-electron chi connectivity index (χ0n) is 13.7. The Morgan fingerprint density at radius 2 is 2.12 bits per heavy atom. The van der Waals surface area contributed by atoms with Crippen LogP contribution in [-0.2, 0) is 13.5 Å². The summed E-state index contributed by atoms with van der Waals surface area (Å²) in [6.45, 7) is 0.540. The number of rotatable bonds is 6. The average molecular weight is 341 g/mol. The van der Waals surface area contributed by atoms with Crippen molar-refractivity contribution in [1.82, 2.24) is 15.1 Å². The molecule has 0 aliphatic rings. The number of nitrogens with one attached hydrogen (secondary N) is 1. The fraction of sp³-hybridized carbons (Fsp3) is 0.222. The van der Waals surface area contributed by atoms with Crippen molar-refractivity contribution in [3.63, 3.8) is 0 Å². The Morgan fingerprint density at radius 1 is 1.29 bits per heavy atom. The van der Waals surface area contributed by atoms with E-state index in [9.17, 15) is 4.79 Å². The maximum absolute atomic E-state index is 12.4. The Balaban J connectivity index is 1.63. The van der Waals surface area contributed by atoms with Crippen molar-refractivity contribution >= 4 is 17.2 Å². The molecule has 1 N–H and O–H groups in total. The third-order valence-electron chi connectivity index (χ3n) is 3.76. The molecule has 0 atom stereocenters. The second-order valence-corrected chi connectivity index (χ2v) is 6.28. The molecule has 2 heterocycles. The maximum Gasteiger partial charge on any atom is 0.269 e. The third-order valence-corrected chi connectivity index (χ3v) is 4.65. The molecule has 1 amide bonds. The van der Waals surface area contributed by atoms with Gasteiger partial charge in [-0.15, -0.1) is 11.3 Å². The van der Waals surface area contributed by atoms with Crippen LogP contribution in [0.15, 0.2) is 47.8 Å². The first-order chi connectivity index (χ1) is 11.7. The second kappa shape index (κ2) is 7.31. The van der Waals surface area contributed by atoms with E-state index >= 15 is 0 Å². The van der Waals surface area contributed by atoms with E-state index in [0.717, 1.165) is 21.9 Å². The van der Waals surface area contributed by atoms with Gasteiger partial charge in [-0.25, -0.2) is 0 Å². The topological polar surface area (TPSA) is 56.1 Å². The summed E-state index contributed by atoms with van der Waals surface area (Å²) in [4.78, 5) is 13.4. The molecule has 0 saturated heterocycles. The Hall–Kier alpha value is -2.60. The normalized spacial score (nSPS) is 10.6. The maximum atomic E-state index is 12.4. The van der Waals surface area contributed by atoms with Crippen molar-refractivity contribution in [1.29, 1.82) is 0 Å². The van der Waals surface area contributed by atoms with Crippen LogP contribution in [0.2, 0.25) is 0 Å². The van der Waals surface area contributed by atoms with Crippen LogP contribution in [0, 0.1) is 0 Å². The van der Waals surface area contributed by atoms with E-state index in [1.807, 2.05) is 47.8 Å². The smallest absolute Gasteiger partial charge is 0.269 e. The molecule has 6 heteroatoms. The van der Waals surface area contributed by atoms with Gasteiger partial charge in [-0.2, -0.15) is 5.10 Å². The van der Waals surface area contributed by atoms with Gasteiger partial charge in [0.15, 0.2) is 0 Å². The predicted octanol–water partition coefficient (Wildman–Crippen LogP) is 3.13. The van der Waals surface area contributed by atoms with Crippen LogP contribution in [-0.4, -0.2) is 29.3 Å². The Labute approximate surface area is 144 Å². The molecule has 0 radical (unpaired) electrons. The molecule has 3 rings (SSSR count). The molecular formula is C18H19N3O2S. The minimum Gasteiger partial charge on any atom is -0.496 e. The highest BCUT2D eigenvalue weighted by Gasteiger charge is 2.14.